The van der Waals surface area contributed by atoms with Crippen LogP contribution in [0.4, 0.5) is 4.39 Å². The van der Waals surface area contributed by atoms with Gasteiger partial charge in [0.1, 0.15) is 6.61 Å². The van der Waals surface area contributed by atoms with E-state index in [2.05, 4.69) is 0 Å². The van der Waals surface area contributed by atoms with Crippen molar-refractivity contribution < 1.29 is 43.3 Å². The minimum absolute atomic E-state index is 0.168. The fourth-order valence-corrected chi connectivity index (χ4v) is 8.18. The molecule has 0 unspecified atom stereocenters. The van der Waals surface area contributed by atoms with Crippen molar-refractivity contribution in [3.63, 3.8) is 0 Å². The van der Waals surface area contributed by atoms with Gasteiger partial charge in [-0.25, -0.2) is 4.39 Å². The summed E-state index contributed by atoms with van der Waals surface area (Å²) in [4.78, 5) is 50.1. The Hall–Kier alpha value is -2.39. The summed E-state index contributed by atoms with van der Waals surface area (Å²) < 4.78 is 28.1. The highest BCUT2D eigenvalue weighted by Crippen LogP contribution is 2.71. The molecule has 4 aliphatic rings. The highest BCUT2D eigenvalue weighted by atomic mass is 19.1. The molecule has 37 heavy (non-hydrogen) atoms. The van der Waals surface area contributed by atoms with Crippen LogP contribution in [0.2, 0.25) is 0 Å². The van der Waals surface area contributed by atoms with Crippen molar-refractivity contribution in [1.82, 2.24) is 0 Å². The number of rotatable bonds is 7. The van der Waals surface area contributed by atoms with Crippen LogP contribution in [0.25, 0.3) is 0 Å². The minimum Gasteiger partial charge on any atom is -0.466 e. The summed E-state index contributed by atoms with van der Waals surface area (Å²) >= 11 is 0. The van der Waals surface area contributed by atoms with Gasteiger partial charge in [-0.05, 0) is 57.6 Å². The topological polar surface area (TPSA) is 127 Å². The molecule has 8 atom stereocenters. The zero-order valence-corrected chi connectivity index (χ0v) is 21.9. The third-order valence-electron chi connectivity index (χ3n) is 9.85. The summed E-state index contributed by atoms with van der Waals surface area (Å²) in [6.45, 7) is 6.13. The van der Waals surface area contributed by atoms with Crippen LogP contribution in [-0.4, -0.2) is 64.3 Å². The zero-order chi connectivity index (χ0) is 27.4. The van der Waals surface area contributed by atoms with E-state index in [1.165, 1.54) is 12.2 Å². The molecule has 4 aliphatic carbocycles. The second-order valence-electron chi connectivity index (χ2n) is 11.5. The lowest BCUT2D eigenvalue weighted by atomic mass is 9.44. The van der Waals surface area contributed by atoms with Crippen molar-refractivity contribution in [3.8, 4) is 0 Å². The number of hydrogen-bond donors (Lipinski definition) is 2. The molecule has 0 radical (unpaired) electrons. The normalized spacial score (nSPS) is 42.2. The molecule has 3 saturated carbocycles. The van der Waals surface area contributed by atoms with E-state index in [0.29, 0.717) is 24.8 Å². The molecule has 9 heteroatoms. The second-order valence-corrected chi connectivity index (χ2v) is 11.5. The Kier molecular flexibility index (Phi) is 7.03. The molecule has 4 rings (SSSR count). The van der Waals surface area contributed by atoms with Crippen LogP contribution < -0.4 is 0 Å². The zero-order valence-electron chi connectivity index (χ0n) is 21.9. The molecule has 0 amide bonds. The van der Waals surface area contributed by atoms with Gasteiger partial charge < -0.3 is 19.7 Å². The van der Waals surface area contributed by atoms with Crippen LogP contribution in [0.3, 0.4) is 0 Å². The Morgan fingerprint density at radius 1 is 1.16 bits per heavy atom. The number of esters is 2. The minimum atomic E-state index is -2.09. The highest BCUT2D eigenvalue weighted by molar-refractivity contribution is 6.01. The van der Waals surface area contributed by atoms with Crippen molar-refractivity contribution >= 4 is 23.5 Å². The third-order valence-corrected chi connectivity index (χ3v) is 9.85. The fourth-order valence-electron chi connectivity index (χ4n) is 8.18. The lowest BCUT2D eigenvalue weighted by Gasteiger charge is -2.62. The van der Waals surface area contributed by atoms with Crippen molar-refractivity contribution in [3.05, 3.63) is 23.8 Å². The first-order valence-electron chi connectivity index (χ1n) is 13.1. The van der Waals surface area contributed by atoms with Gasteiger partial charge >= 0.3 is 11.9 Å². The molecule has 0 spiro atoms. The first kappa shape index (κ1) is 27.6. The third kappa shape index (κ3) is 3.75. The molecule has 0 aromatic heterocycles. The number of ether oxygens (including phenoxy) is 2. The van der Waals surface area contributed by atoms with Crippen molar-refractivity contribution in [2.24, 2.45) is 28.6 Å². The Balaban J connectivity index is 1.72. The first-order chi connectivity index (χ1) is 17.3. The molecule has 0 heterocycles. The molecule has 204 valence electrons. The molecular weight excluding hydrogens is 483 g/mol. The van der Waals surface area contributed by atoms with Gasteiger partial charge in [-0.3, -0.25) is 19.2 Å². The van der Waals surface area contributed by atoms with E-state index in [1.807, 2.05) is 0 Å². The Morgan fingerprint density at radius 3 is 2.49 bits per heavy atom. The van der Waals surface area contributed by atoms with E-state index < -0.39 is 70.3 Å². The maximum Gasteiger partial charge on any atom is 0.307 e. The number of carbonyl (C=O) groups excluding carboxylic acids is 4. The van der Waals surface area contributed by atoms with Crippen LogP contribution in [0.1, 0.15) is 66.2 Å². The number of alkyl halides is 1. The molecule has 0 aromatic rings. The van der Waals surface area contributed by atoms with E-state index in [1.54, 1.807) is 33.8 Å². The monoisotopic (exact) mass is 520 g/mol. The predicted octanol–water partition coefficient (Wildman–Crippen LogP) is 2.79. The van der Waals surface area contributed by atoms with E-state index >= 15 is 4.39 Å². The summed E-state index contributed by atoms with van der Waals surface area (Å²) in [5, 5.41) is 21.4. The van der Waals surface area contributed by atoms with Crippen LogP contribution in [0.15, 0.2) is 23.8 Å². The average Bonchev–Trinajstić information content (AvgIpc) is 3.06. The van der Waals surface area contributed by atoms with Gasteiger partial charge in [0.05, 0.1) is 25.6 Å². The molecule has 0 saturated heterocycles. The summed E-state index contributed by atoms with van der Waals surface area (Å²) in [5.74, 6) is -3.93. The maximum absolute atomic E-state index is 17.3. The first-order valence-corrected chi connectivity index (χ1v) is 13.1. The number of halogens is 1. The number of hydrogen-bond acceptors (Lipinski definition) is 8. The average molecular weight is 521 g/mol. The van der Waals surface area contributed by atoms with E-state index in [9.17, 15) is 29.4 Å². The van der Waals surface area contributed by atoms with E-state index in [4.69, 9.17) is 9.47 Å². The van der Waals surface area contributed by atoms with Gasteiger partial charge in [-0.15, -0.1) is 0 Å². The van der Waals surface area contributed by atoms with Crippen LogP contribution in [0.5, 0.6) is 0 Å². The number of carbonyl (C=O) groups is 4. The standard InChI is InChI=1S/C28H37FO8/c1-5-36-23(34)8-9-24(35)37-28(22(33)15-30)16(2)12-20-19-7-6-17-13-18(31)10-11-25(17,3)27(19,29)21(32)14-26(20,28)4/h10-11,13,16,19-21,30,32H,5-9,12,14-15H2,1-4H3/t16-,19+,20+,21+,25+,26+,27+,28+/m1/s1. The Bertz CT molecular complexity index is 1070. The van der Waals surface area contributed by atoms with Gasteiger partial charge in [0.25, 0.3) is 0 Å². The summed E-state index contributed by atoms with van der Waals surface area (Å²) in [7, 11) is 0. The van der Waals surface area contributed by atoms with Crippen LogP contribution in [-0.2, 0) is 28.7 Å². The fraction of sp³-hybridized carbons (Fsp3) is 0.714. The SMILES string of the molecule is CCOC(=O)CCC(=O)O[C@]1(C(=O)CO)[C@H](C)C[C@H]2[C@@H]3CCC4=CC(=O)C=C[C@]4(C)[C@@]3(F)[C@@H](O)C[C@@]21C. The lowest BCUT2D eigenvalue weighted by Crippen LogP contribution is -2.70. The van der Waals surface area contributed by atoms with Gasteiger partial charge in [0, 0.05) is 22.7 Å². The smallest absolute Gasteiger partial charge is 0.307 e. The largest absolute Gasteiger partial charge is 0.466 e. The van der Waals surface area contributed by atoms with Gasteiger partial charge in [-0.2, -0.15) is 0 Å². The number of fused-ring (bicyclic) bond motifs is 5. The van der Waals surface area contributed by atoms with Crippen molar-refractivity contribution in [1.29, 1.82) is 0 Å². The number of Topliss-reactive ketones (excluding diaryl/α,β-unsaturated/α-hetero) is 1. The molecule has 2 N–H and O–H groups in total. The molecular formula is C28H37FO8. The van der Waals surface area contributed by atoms with Gasteiger partial charge in [-0.1, -0.05) is 25.5 Å². The predicted molar refractivity (Wildman–Crippen MR) is 130 cm³/mol. The number of aliphatic hydroxyl groups is 2. The molecule has 0 bridgehead atoms. The van der Waals surface area contributed by atoms with Crippen LogP contribution in [0, 0.1) is 28.6 Å². The summed E-state index contributed by atoms with van der Waals surface area (Å²) in [6, 6.07) is 0. The van der Waals surface area contributed by atoms with Crippen molar-refractivity contribution in [2.75, 3.05) is 13.2 Å². The summed E-state index contributed by atoms with van der Waals surface area (Å²) in [5.41, 5.74) is -5.57. The number of allylic oxidation sites excluding steroid dienone is 4. The van der Waals surface area contributed by atoms with Crippen LogP contribution >= 0.6 is 0 Å². The Labute approximate surface area is 216 Å². The van der Waals surface area contributed by atoms with Gasteiger partial charge in [0.2, 0.25) is 5.78 Å². The van der Waals surface area contributed by atoms with E-state index in [-0.39, 0.29) is 31.7 Å². The quantitative estimate of drug-likeness (QED) is 0.491. The number of ketones is 2. The molecule has 0 aliphatic heterocycles. The molecule has 0 aromatic carbocycles. The Morgan fingerprint density at radius 2 is 1.84 bits per heavy atom. The highest BCUT2D eigenvalue weighted by Gasteiger charge is 2.77. The van der Waals surface area contributed by atoms with Gasteiger partial charge in [0.15, 0.2) is 17.1 Å². The van der Waals surface area contributed by atoms with E-state index in [0.717, 1.165) is 0 Å². The summed E-state index contributed by atoms with van der Waals surface area (Å²) in [6.07, 6.45) is 3.34. The second kappa shape index (κ2) is 9.42. The maximum atomic E-state index is 17.3. The molecule has 8 nitrogen and oxygen atoms in total. The number of aliphatic hydroxyl groups excluding tert-OH is 2. The molecule has 3 fully saturated rings. The lowest BCUT2D eigenvalue weighted by molar-refractivity contribution is -0.228. The van der Waals surface area contributed by atoms with Crippen molar-refractivity contribution in [2.45, 2.75) is 83.6 Å².